The van der Waals surface area contributed by atoms with E-state index in [0.717, 1.165) is 11.3 Å². The Balaban J connectivity index is 1.30. The van der Waals surface area contributed by atoms with Gasteiger partial charge in [-0.05, 0) is 29.8 Å². The van der Waals surface area contributed by atoms with Gasteiger partial charge in [0.25, 0.3) is 5.91 Å². The van der Waals surface area contributed by atoms with Crippen LogP contribution in [0.5, 0.6) is 0 Å². The normalized spacial score (nSPS) is 10.6. The summed E-state index contributed by atoms with van der Waals surface area (Å²) in [6, 6.07) is 27.4. The second-order valence-corrected chi connectivity index (χ2v) is 7.41. The molecule has 1 N–H and O–H groups in total. The number of hydrogen-bond acceptors (Lipinski definition) is 5. The van der Waals surface area contributed by atoms with Gasteiger partial charge in [-0.3, -0.25) is 4.79 Å². The van der Waals surface area contributed by atoms with Gasteiger partial charge in [0.2, 0.25) is 11.7 Å². The molecule has 0 saturated carbocycles. The molecule has 29 heavy (non-hydrogen) atoms. The van der Waals surface area contributed by atoms with Gasteiger partial charge in [0, 0.05) is 21.8 Å². The monoisotopic (exact) mass is 401 g/mol. The molecule has 5 nitrogen and oxygen atoms in total. The zero-order valence-electron chi connectivity index (χ0n) is 15.6. The van der Waals surface area contributed by atoms with Crippen molar-refractivity contribution in [2.45, 2.75) is 17.2 Å². The molecule has 0 spiro atoms. The Labute approximate surface area is 173 Å². The zero-order chi connectivity index (χ0) is 19.9. The summed E-state index contributed by atoms with van der Waals surface area (Å²) in [5, 5.41) is 6.77. The summed E-state index contributed by atoms with van der Waals surface area (Å²) in [5.41, 5.74) is 2.64. The molecule has 4 aromatic rings. The number of carbonyl (C=O) groups excluding carboxylic acids is 1. The fraction of sp³-hybridized carbons (Fsp3) is 0.0870. The SMILES string of the molecule is O=C(NCc1nc(-c2ccccc2)no1)c1ccc(CSc2ccccc2)cc1. The Morgan fingerprint density at radius 1 is 0.897 bits per heavy atom. The first-order chi connectivity index (χ1) is 14.3. The van der Waals surface area contributed by atoms with Crippen molar-refractivity contribution in [3.63, 3.8) is 0 Å². The van der Waals surface area contributed by atoms with Crippen LogP contribution in [0, 0.1) is 0 Å². The number of carbonyl (C=O) groups is 1. The molecular formula is C23H19N3O2S. The standard InChI is InChI=1S/C23H19N3O2S/c27-23(24-15-21-25-22(26-28-21)18-7-3-1-4-8-18)19-13-11-17(12-14-19)16-29-20-9-5-2-6-10-20/h1-14H,15-16H2,(H,24,27). The van der Waals surface area contributed by atoms with E-state index in [9.17, 15) is 4.79 Å². The Hall–Kier alpha value is -3.38. The second-order valence-electron chi connectivity index (χ2n) is 6.36. The van der Waals surface area contributed by atoms with E-state index in [2.05, 4.69) is 27.6 Å². The number of aromatic nitrogens is 2. The van der Waals surface area contributed by atoms with Crippen molar-refractivity contribution in [1.82, 2.24) is 15.5 Å². The number of hydrogen-bond donors (Lipinski definition) is 1. The third kappa shape index (κ3) is 5.12. The Morgan fingerprint density at radius 3 is 2.31 bits per heavy atom. The minimum absolute atomic E-state index is 0.174. The van der Waals surface area contributed by atoms with Crippen LogP contribution in [-0.2, 0) is 12.3 Å². The molecule has 144 valence electrons. The molecule has 0 saturated heterocycles. The summed E-state index contributed by atoms with van der Waals surface area (Å²) in [6.07, 6.45) is 0. The van der Waals surface area contributed by atoms with Crippen molar-refractivity contribution >= 4 is 17.7 Å². The summed E-state index contributed by atoms with van der Waals surface area (Å²) in [7, 11) is 0. The maximum atomic E-state index is 12.4. The molecule has 0 bridgehead atoms. The predicted molar refractivity (Wildman–Crippen MR) is 113 cm³/mol. The highest BCUT2D eigenvalue weighted by molar-refractivity contribution is 7.98. The molecule has 0 aliphatic heterocycles. The van der Waals surface area contributed by atoms with Crippen molar-refractivity contribution in [2.75, 3.05) is 0 Å². The summed E-state index contributed by atoms with van der Waals surface area (Å²) in [5.74, 6) is 1.56. The molecule has 0 aliphatic carbocycles. The fourth-order valence-corrected chi connectivity index (χ4v) is 3.60. The lowest BCUT2D eigenvalue weighted by Crippen LogP contribution is -2.22. The topological polar surface area (TPSA) is 68.0 Å². The van der Waals surface area contributed by atoms with Crippen LogP contribution in [0.15, 0.2) is 94.3 Å². The number of benzene rings is 3. The number of amides is 1. The van der Waals surface area contributed by atoms with Gasteiger partial charge in [0.05, 0.1) is 6.54 Å². The van der Waals surface area contributed by atoms with Crippen molar-refractivity contribution in [3.05, 3.63) is 102 Å². The van der Waals surface area contributed by atoms with Crippen LogP contribution in [0.2, 0.25) is 0 Å². The van der Waals surface area contributed by atoms with E-state index >= 15 is 0 Å². The van der Waals surface area contributed by atoms with Crippen LogP contribution in [0.3, 0.4) is 0 Å². The summed E-state index contributed by atoms with van der Waals surface area (Å²) in [4.78, 5) is 17.9. The molecule has 0 fully saturated rings. The molecule has 1 aromatic heterocycles. The number of nitrogens with zero attached hydrogens (tertiary/aromatic N) is 2. The van der Waals surface area contributed by atoms with Gasteiger partial charge in [0.15, 0.2) is 0 Å². The largest absolute Gasteiger partial charge is 0.343 e. The molecule has 0 radical (unpaired) electrons. The van der Waals surface area contributed by atoms with Crippen LogP contribution in [-0.4, -0.2) is 16.0 Å². The lowest BCUT2D eigenvalue weighted by Gasteiger charge is -2.05. The Kier molecular flexibility index (Phi) is 6.02. The van der Waals surface area contributed by atoms with Crippen LogP contribution >= 0.6 is 11.8 Å². The molecule has 0 atom stereocenters. The van der Waals surface area contributed by atoms with Crippen LogP contribution in [0.25, 0.3) is 11.4 Å². The molecule has 1 amide bonds. The van der Waals surface area contributed by atoms with Gasteiger partial charge >= 0.3 is 0 Å². The van der Waals surface area contributed by atoms with Crippen LogP contribution < -0.4 is 5.32 Å². The highest BCUT2D eigenvalue weighted by Crippen LogP contribution is 2.22. The van der Waals surface area contributed by atoms with E-state index in [4.69, 9.17) is 4.52 Å². The lowest BCUT2D eigenvalue weighted by molar-refractivity contribution is 0.0946. The smallest absolute Gasteiger partial charge is 0.251 e. The fourth-order valence-electron chi connectivity index (χ4n) is 2.72. The van der Waals surface area contributed by atoms with E-state index in [1.54, 1.807) is 11.8 Å². The van der Waals surface area contributed by atoms with Crippen LogP contribution in [0.1, 0.15) is 21.8 Å². The Bertz CT molecular complexity index is 1060. The van der Waals surface area contributed by atoms with E-state index in [1.165, 1.54) is 10.5 Å². The van der Waals surface area contributed by atoms with E-state index < -0.39 is 0 Å². The first kappa shape index (κ1) is 19.0. The van der Waals surface area contributed by atoms with Gasteiger partial charge in [-0.1, -0.05) is 65.8 Å². The average molecular weight is 401 g/mol. The summed E-state index contributed by atoms with van der Waals surface area (Å²) < 4.78 is 5.22. The summed E-state index contributed by atoms with van der Waals surface area (Å²) in [6.45, 7) is 0.185. The van der Waals surface area contributed by atoms with Crippen molar-refractivity contribution < 1.29 is 9.32 Å². The van der Waals surface area contributed by atoms with E-state index in [0.29, 0.717) is 17.3 Å². The van der Waals surface area contributed by atoms with E-state index in [-0.39, 0.29) is 12.5 Å². The average Bonchev–Trinajstić information content (AvgIpc) is 3.27. The van der Waals surface area contributed by atoms with Gasteiger partial charge in [-0.15, -0.1) is 11.8 Å². The van der Waals surface area contributed by atoms with Crippen molar-refractivity contribution in [3.8, 4) is 11.4 Å². The Morgan fingerprint density at radius 2 is 1.59 bits per heavy atom. The second kappa shape index (κ2) is 9.21. The molecule has 3 aromatic carbocycles. The molecule has 6 heteroatoms. The van der Waals surface area contributed by atoms with Gasteiger partial charge < -0.3 is 9.84 Å². The number of nitrogens with one attached hydrogen (secondary N) is 1. The van der Waals surface area contributed by atoms with Gasteiger partial charge in [-0.2, -0.15) is 4.98 Å². The predicted octanol–water partition coefficient (Wildman–Crippen LogP) is 4.96. The first-order valence-electron chi connectivity index (χ1n) is 9.21. The number of rotatable bonds is 7. The lowest BCUT2D eigenvalue weighted by atomic mass is 10.1. The number of thioether (sulfide) groups is 1. The summed E-state index contributed by atoms with van der Waals surface area (Å²) >= 11 is 1.77. The maximum absolute atomic E-state index is 12.4. The zero-order valence-corrected chi connectivity index (χ0v) is 16.4. The van der Waals surface area contributed by atoms with Crippen LogP contribution in [0.4, 0.5) is 0 Å². The minimum Gasteiger partial charge on any atom is -0.343 e. The molecule has 1 heterocycles. The minimum atomic E-state index is -0.174. The molecule has 0 unspecified atom stereocenters. The first-order valence-corrected chi connectivity index (χ1v) is 10.2. The third-order valence-corrected chi connectivity index (χ3v) is 5.35. The molecular weight excluding hydrogens is 382 g/mol. The molecule has 0 aliphatic rings. The highest BCUT2D eigenvalue weighted by atomic mass is 32.2. The van der Waals surface area contributed by atoms with Gasteiger partial charge in [0.1, 0.15) is 0 Å². The van der Waals surface area contributed by atoms with Gasteiger partial charge in [-0.25, -0.2) is 0 Å². The van der Waals surface area contributed by atoms with Crippen molar-refractivity contribution in [1.29, 1.82) is 0 Å². The van der Waals surface area contributed by atoms with E-state index in [1.807, 2.05) is 72.8 Å². The highest BCUT2D eigenvalue weighted by Gasteiger charge is 2.11. The third-order valence-electron chi connectivity index (χ3n) is 4.27. The van der Waals surface area contributed by atoms with Crippen molar-refractivity contribution in [2.24, 2.45) is 0 Å². The quantitative estimate of drug-likeness (QED) is 0.443. The maximum Gasteiger partial charge on any atom is 0.251 e. The molecule has 4 rings (SSSR count).